The van der Waals surface area contributed by atoms with E-state index in [4.69, 9.17) is 11.6 Å². The molecule has 0 aliphatic rings. The van der Waals surface area contributed by atoms with E-state index in [2.05, 4.69) is 49.7 Å². The molecule has 1 N–H and O–H groups in total. The van der Waals surface area contributed by atoms with E-state index in [1.54, 1.807) is 0 Å². The number of aromatic nitrogens is 2. The van der Waals surface area contributed by atoms with E-state index in [1.165, 1.54) is 12.1 Å². The number of hydrogen-bond acceptors (Lipinski definition) is 2. The van der Waals surface area contributed by atoms with Crippen LogP contribution in [0.5, 0.6) is 0 Å². The molecule has 0 aliphatic heterocycles. The molecule has 0 spiro atoms. The lowest BCUT2D eigenvalue weighted by Gasteiger charge is -2.24. The number of aryl methyl sites for hydroxylation is 2. The van der Waals surface area contributed by atoms with Crippen LogP contribution in [0.15, 0.2) is 0 Å². The highest BCUT2D eigenvalue weighted by molar-refractivity contribution is 6.31. The minimum Gasteiger partial charge on any atom is -0.314 e. The van der Waals surface area contributed by atoms with E-state index in [-0.39, 0.29) is 0 Å². The first-order valence-electron chi connectivity index (χ1n) is 8.06. The van der Waals surface area contributed by atoms with Crippen LogP contribution in [0.25, 0.3) is 0 Å². The summed E-state index contributed by atoms with van der Waals surface area (Å²) in [6.45, 7) is 13.0. The average molecular weight is 300 g/mol. The molecule has 2 atom stereocenters. The molecule has 3 nitrogen and oxygen atoms in total. The van der Waals surface area contributed by atoms with Crippen molar-refractivity contribution in [3.63, 3.8) is 0 Å². The quantitative estimate of drug-likeness (QED) is 0.745. The summed E-state index contributed by atoms with van der Waals surface area (Å²) in [4.78, 5) is 0. The lowest BCUT2D eigenvalue weighted by atomic mass is 9.92. The molecular formula is C16H30ClN3. The number of halogens is 1. The lowest BCUT2D eigenvalue weighted by Crippen LogP contribution is -2.35. The third-order valence-electron chi connectivity index (χ3n) is 4.10. The van der Waals surface area contributed by atoms with Crippen molar-refractivity contribution in [3.05, 3.63) is 16.4 Å². The Morgan fingerprint density at radius 2 is 1.95 bits per heavy atom. The summed E-state index contributed by atoms with van der Waals surface area (Å²) < 4.78 is 2.08. The summed E-state index contributed by atoms with van der Waals surface area (Å²) >= 11 is 6.51. The topological polar surface area (TPSA) is 29.9 Å². The van der Waals surface area contributed by atoms with Gasteiger partial charge in [-0.25, -0.2) is 0 Å². The molecule has 0 aliphatic carbocycles. The predicted molar refractivity (Wildman–Crippen MR) is 87.5 cm³/mol. The van der Waals surface area contributed by atoms with Crippen LogP contribution in [-0.2, 0) is 19.4 Å². The lowest BCUT2D eigenvalue weighted by molar-refractivity contribution is 0.354. The van der Waals surface area contributed by atoms with Crippen LogP contribution in [-0.4, -0.2) is 22.4 Å². The Morgan fingerprint density at radius 3 is 2.45 bits per heavy atom. The van der Waals surface area contributed by atoms with Crippen molar-refractivity contribution in [1.29, 1.82) is 0 Å². The summed E-state index contributed by atoms with van der Waals surface area (Å²) in [6.07, 6.45) is 4.24. The van der Waals surface area contributed by atoms with E-state index >= 15 is 0 Å². The van der Waals surface area contributed by atoms with Gasteiger partial charge in [0, 0.05) is 12.6 Å². The Morgan fingerprint density at radius 1 is 1.25 bits per heavy atom. The second-order valence-corrected chi connectivity index (χ2v) is 5.87. The van der Waals surface area contributed by atoms with Crippen molar-refractivity contribution in [2.75, 3.05) is 6.54 Å². The van der Waals surface area contributed by atoms with Gasteiger partial charge in [-0.2, -0.15) is 5.10 Å². The van der Waals surface area contributed by atoms with Gasteiger partial charge in [0.1, 0.15) is 0 Å². The molecule has 0 fully saturated rings. The molecule has 0 aromatic carbocycles. The van der Waals surface area contributed by atoms with Crippen molar-refractivity contribution in [3.8, 4) is 0 Å². The van der Waals surface area contributed by atoms with Gasteiger partial charge in [-0.15, -0.1) is 0 Å². The van der Waals surface area contributed by atoms with Crippen LogP contribution in [0.1, 0.15) is 58.8 Å². The van der Waals surface area contributed by atoms with E-state index in [9.17, 15) is 0 Å². The third-order valence-corrected chi connectivity index (χ3v) is 4.53. The Kier molecular flexibility index (Phi) is 7.60. The number of nitrogens with zero attached hydrogens (tertiary/aromatic N) is 2. The average Bonchev–Trinajstić information content (AvgIpc) is 2.77. The minimum atomic E-state index is 0.515. The van der Waals surface area contributed by atoms with Crippen LogP contribution in [0.4, 0.5) is 0 Å². The van der Waals surface area contributed by atoms with Crippen LogP contribution in [0.2, 0.25) is 5.02 Å². The Bertz CT molecular complexity index is 401. The van der Waals surface area contributed by atoms with Crippen molar-refractivity contribution in [1.82, 2.24) is 15.1 Å². The molecule has 4 heteroatoms. The molecule has 0 radical (unpaired) electrons. The summed E-state index contributed by atoms with van der Waals surface area (Å²) in [6, 6.07) is 0.515. The Hall–Kier alpha value is -0.540. The van der Waals surface area contributed by atoms with Gasteiger partial charge in [-0.1, -0.05) is 38.8 Å². The summed E-state index contributed by atoms with van der Waals surface area (Å²) in [5, 5.41) is 9.11. The van der Waals surface area contributed by atoms with Crippen LogP contribution < -0.4 is 5.32 Å². The van der Waals surface area contributed by atoms with E-state index < -0.39 is 0 Å². The molecule has 2 unspecified atom stereocenters. The standard InChI is InChI=1S/C16H30ClN3/c1-6-10-18-12(5)13(7-2)11-15-16(17)14(8-3)19-20(15)9-4/h12-13,18H,6-11H2,1-5H3. The second-order valence-electron chi connectivity index (χ2n) is 5.49. The summed E-state index contributed by atoms with van der Waals surface area (Å²) in [7, 11) is 0. The molecular weight excluding hydrogens is 270 g/mol. The molecule has 1 heterocycles. The zero-order valence-electron chi connectivity index (χ0n) is 13.7. The van der Waals surface area contributed by atoms with Crippen molar-refractivity contribution in [2.24, 2.45) is 5.92 Å². The maximum atomic E-state index is 6.51. The molecule has 0 bridgehead atoms. The van der Waals surface area contributed by atoms with E-state index in [0.29, 0.717) is 12.0 Å². The SMILES string of the molecule is CCCNC(C)C(CC)Cc1c(Cl)c(CC)nn1CC. The molecule has 0 saturated heterocycles. The molecule has 116 valence electrons. The summed E-state index contributed by atoms with van der Waals surface area (Å²) in [5.74, 6) is 0.603. The molecule has 0 amide bonds. The van der Waals surface area contributed by atoms with Gasteiger partial charge >= 0.3 is 0 Å². The van der Waals surface area contributed by atoms with Crippen molar-refractivity contribution in [2.45, 2.75) is 72.9 Å². The van der Waals surface area contributed by atoms with Crippen LogP contribution in [0, 0.1) is 5.92 Å². The Balaban J connectivity index is 2.86. The van der Waals surface area contributed by atoms with Gasteiger partial charge in [0.05, 0.1) is 16.4 Å². The van der Waals surface area contributed by atoms with Crippen molar-refractivity contribution >= 4 is 11.6 Å². The smallest absolute Gasteiger partial charge is 0.0849 e. The van der Waals surface area contributed by atoms with Gasteiger partial charge in [0.15, 0.2) is 0 Å². The van der Waals surface area contributed by atoms with Gasteiger partial charge < -0.3 is 5.32 Å². The highest BCUT2D eigenvalue weighted by Crippen LogP contribution is 2.26. The summed E-state index contributed by atoms with van der Waals surface area (Å²) in [5.41, 5.74) is 2.25. The maximum absolute atomic E-state index is 6.51. The van der Waals surface area contributed by atoms with Gasteiger partial charge in [-0.05, 0) is 45.6 Å². The molecule has 1 aromatic heterocycles. The zero-order chi connectivity index (χ0) is 15.1. The van der Waals surface area contributed by atoms with E-state index in [0.717, 1.165) is 43.1 Å². The monoisotopic (exact) mass is 299 g/mol. The first kappa shape index (κ1) is 17.5. The predicted octanol–water partition coefficient (Wildman–Crippen LogP) is 4.08. The maximum Gasteiger partial charge on any atom is 0.0849 e. The fourth-order valence-electron chi connectivity index (χ4n) is 2.67. The highest BCUT2D eigenvalue weighted by atomic mass is 35.5. The highest BCUT2D eigenvalue weighted by Gasteiger charge is 2.21. The second kappa shape index (κ2) is 8.68. The fraction of sp³-hybridized carbons (Fsp3) is 0.812. The van der Waals surface area contributed by atoms with E-state index in [1.807, 2.05) is 0 Å². The molecule has 0 saturated carbocycles. The third kappa shape index (κ3) is 4.23. The first-order valence-corrected chi connectivity index (χ1v) is 8.44. The van der Waals surface area contributed by atoms with Gasteiger partial charge in [-0.3, -0.25) is 4.68 Å². The largest absolute Gasteiger partial charge is 0.314 e. The van der Waals surface area contributed by atoms with Gasteiger partial charge in [0.2, 0.25) is 0 Å². The number of hydrogen-bond donors (Lipinski definition) is 1. The first-order chi connectivity index (χ1) is 9.58. The normalized spacial score (nSPS) is 14.5. The Labute approximate surface area is 129 Å². The van der Waals surface area contributed by atoms with Crippen LogP contribution in [0.3, 0.4) is 0 Å². The van der Waals surface area contributed by atoms with Crippen LogP contribution >= 0.6 is 11.6 Å². The zero-order valence-corrected chi connectivity index (χ0v) is 14.4. The number of nitrogens with one attached hydrogen (secondary N) is 1. The minimum absolute atomic E-state index is 0.515. The fourth-order valence-corrected chi connectivity index (χ4v) is 3.02. The molecule has 20 heavy (non-hydrogen) atoms. The molecule has 1 rings (SSSR count). The number of rotatable bonds is 9. The van der Waals surface area contributed by atoms with Crippen molar-refractivity contribution < 1.29 is 0 Å². The molecule has 1 aromatic rings. The van der Waals surface area contributed by atoms with Gasteiger partial charge in [0.25, 0.3) is 0 Å².